The van der Waals surface area contributed by atoms with Gasteiger partial charge in [0.1, 0.15) is 11.6 Å². The highest BCUT2D eigenvalue weighted by molar-refractivity contribution is 7.99. The summed E-state index contributed by atoms with van der Waals surface area (Å²) in [6.07, 6.45) is 0. The molecule has 0 aliphatic heterocycles. The Balaban J connectivity index is 1.63. The summed E-state index contributed by atoms with van der Waals surface area (Å²) in [6.45, 7) is 0.231. The molecular formula is C24H19ClFN3O3S. The quantitative estimate of drug-likeness (QED) is 0.296. The molecule has 0 aliphatic carbocycles. The average molecular weight is 484 g/mol. The van der Waals surface area contributed by atoms with E-state index in [1.54, 1.807) is 31.4 Å². The minimum absolute atomic E-state index is 0.0234. The Bertz CT molecular complexity index is 1390. The number of rotatable bonds is 7. The van der Waals surface area contributed by atoms with Crippen LogP contribution in [-0.2, 0) is 11.3 Å². The number of carbonyl (C=O) groups excluding carboxylic acids is 1. The third-order valence-corrected chi connectivity index (χ3v) is 6.17. The van der Waals surface area contributed by atoms with Gasteiger partial charge in [-0.2, -0.15) is 0 Å². The number of hydrogen-bond acceptors (Lipinski definition) is 5. The van der Waals surface area contributed by atoms with Crippen molar-refractivity contribution in [2.75, 3.05) is 18.2 Å². The molecule has 6 nitrogen and oxygen atoms in total. The van der Waals surface area contributed by atoms with Gasteiger partial charge in [-0.1, -0.05) is 53.7 Å². The number of ether oxygens (including phenoxy) is 1. The number of nitrogens with zero attached hydrogens (tertiary/aromatic N) is 2. The lowest BCUT2D eigenvalue weighted by atomic mass is 10.2. The number of aromatic nitrogens is 2. The number of amides is 1. The molecule has 0 unspecified atom stereocenters. The molecule has 168 valence electrons. The second kappa shape index (κ2) is 10.1. The molecular weight excluding hydrogens is 465 g/mol. The summed E-state index contributed by atoms with van der Waals surface area (Å²) in [5.74, 6) is -0.227. The second-order valence-electron chi connectivity index (χ2n) is 7.08. The molecule has 33 heavy (non-hydrogen) atoms. The third kappa shape index (κ3) is 5.18. The molecule has 0 radical (unpaired) electrons. The highest BCUT2D eigenvalue weighted by Crippen LogP contribution is 2.25. The maximum absolute atomic E-state index is 13.3. The van der Waals surface area contributed by atoms with Crippen LogP contribution < -0.4 is 15.6 Å². The van der Waals surface area contributed by atoms with Crippen molar-refractivity contribution in [2.24, 2.45) is 0 Å². The van der Waals surface area contributed by atoms with E-state index in [0.717, 1.165) is 23.4 Å². The Labute approximate surface area is 198 Å². The molecule has 3 aromatic carbocycles. The van der Waals surface area contributed by atoms with Crippen LogP contribution in [0.3, 0.4) is 0 Å². The van der Waals surface area contributed by atoms with Crippen molar-refractivity contribution >= 4 is 45.9 Å². The minimum Gasteiger partial charge on any atom is -0.496 e. The number of carbonyl (C=O) groups is 1. The first-order chi connectivity index (χ1) is 16.0. The Morgan fingerprint density at radius 2 is 1.91 bits per heavy atom. The Kier molecular flexibility index (Phi) is 6.96. The Hall–Kier alpha value is -3.36. The number of hydrogen-bond donors (Lipinski definition) is 1. The molecule has 1 aromatic heterocycles. The van der Waals surface area contributed by atoms with Crippen molar-refractivity contribution in [3.8, 4) is 5.75 Å². The van der Waals surface area contributed by atoms with Gasteiger partial charge in [0.2, 0.25) is 5.91 Å². The highest BCUT2D eigenvalue weighted by atomic mass is 35.5. The van der Waals surface area contributed by atoms with Gasteiger partial charge in [0, 0.05) is 5.56 Å². The van der Waals surface area contributed by atoms with E-state index >= 15 is 0 Å². The van der Waals surface area contributed by atoms with Crippen LogP contribution in [0.5, 0.6) is 5.75 Å². The van der Waals surface area contributed by atoms with Crippen LogP contribution in [0.15, 0.2) is 76.7 Å². The van der Waals surface area contributed by atoms with Gasteiger partial charge in [-0.15, -0.1) is 0 Å². The number of benzene rings is 3. The Morgan fingerprint density at radius 1 is 1.15 bits per heavy atom. The Morgan fingerprint density at radius 3 is 2.70 bits per heavy atom. The summed E-state index contributed by atoms with van der Waals surface area (Å²) in [7, 11) is 1.57. The van der Waals surface area contributed by atoms with Crippen molar-refractivity contribution in [1.29, 1.82) is 0 Å². The van der Waals surface area contributed by atoms with Crippen LogP contribution in [0.4, 0.5) is 10.1 Å². The molecule has 1 heterocycles. The van der Waals surface area contributed by atoms with Gasteiger partial charge < -0.3 is 10.1 Å². The van der Waals surface area contributed by atoms with Crippen LogP contribution in [0.1, 0.15) is 5.56 Å². The summed E-state index contributed by atoms with van der Waals surface area (Å²) in [5, 5.41) is 3.63. The third-order valence-electron chi connectivity index (χ3n) is 4.89. The normalized spacial score (nSPS) is 10.9. The van der Waals surface area contributed by atoms with Gasteiger partial charge in [-0.25, -0.2) is 9.37 Å². The van der Waals surface area contributed by atoms with E-state index in [1.165, 1.54) is 16.7 Å². The van der Waals surface area contributed by atoms with Gasteiger partial charge in [-0.3, -0.25) is 14.2 Å². The van der Waals surface area contributed by atoms with Gasteiger partial charge in [-0.05, 0) is 36.4 Å². The molecule has 0 saturated carbocycles. The first kappa shape index (κ1) is 22.8. The lowest BCUT2D eigenvalue weighted by molar-refractivity contribution is -0.113. The molecule has 0 aliphatic rings. The first-order valence-electron chi connectivity index (χ1n) is 9.95. The molecule has 0 spiro atoms. The SMILES string of the molecule is COc1ccccc1Cn1c(SCC(=O)Nc2ccc(F)cc2Cl)nc2ccccc2c1=O. The van der Waals surface area contributed by atoms with Gasteiger partial charge in [0.05, 0.1) is 41.0 Å². The van der Waals surface area contributed by atoms with Gasteiger partial charge >= 0.3 is 0 Å². The van der Waals surface area contributed by atoms with E-state index in [9.17, 15) is 14.0 Å². The largest absolute Gasteiger partial charge is 0.496 e. The predicted molar refractivity (Wildman–Crippen MR) is 129 cm³/mol. The molecule has 1 amide bonds. The smallest absolute Gasteiger partial charge is 0.262 e. The fraction of sp³-hybridized carbons (Fsp3) is 0.125. The topological polar surface area (TPSA) is 73.2 Å². The molecule has 4 rings (SSSR count). The maximum atomic E-state index is 13.3. The van der Waals surface area contributed by atoms with Crippen LogP contribution >= 0.6 is 23.4 Å². The molecule has 1 N–H and O–H groups in total. The van der Waals surface area contributed by atoms with Crippen LogP contribution in [0.25, 0.3) is 10.9 Å². The molecule has 0 bridgehead atoms. The first-order valence-corrected chi connectivity index (χ1v) is 11.3. The summed E-state index contributed by atoms with van der Waals surface area (Å²) < 4.78 is 20.2. The van der Waals surface area contributed by atoms with Gasteiger partial charge in [0.15, 0.2) is 5.16 Å². The van der Waals surface area contributed by atoms with Crippen molar-refractivity contribution in [2.45, 2.75) is 11.7 Å². The molecule has 0 saturated heterocycles. The van der Waals surface area contributed by atoms with E-state index in [0.29, 0.717) is 27.5 Å². The van der Waals surface area contributed by atoms with Crippen molar-refractivity contribution in [3.05, 3.63) is 93.5 Å². The number of fused-ring (bicyclic) bond motifs is 1. The number of para-hydroxylation sites is 2. The lowest BCUT2D eigenvalue weighted by Gasteiger charge is -2.15. The van der Waals surface area contributed by atoms with E-state index < -0.39 is 5.82 Å². The van der Waals surface area contributed by atoms with E-state index in [1.807, 2.05) is 24.3 Å². The van der Waals surface area contributed by atoms with E-state index in [2.05, 4.69) is 10.3 Å². The highest BCUT2D eigenvalue weighted by Gasteiger charge is 2.16. The fourth-order valence-electron chi connectivity index (χ4n) is 3.31. The van der Waals surface area contributed by atoms with Crippen molar-refractivity contribution < 1.29 is 13.9 Å². The van der Waals surface area contributed by atoms with E-state index in [4.69, 9.17) is 16.3 Å². The number of thioether (sulfide) groups is 1. The van der Waals surface area contributed by atoms with Crippen molar-refractivity contribution in [3.63, 3.8) is 0 Å². The van der Waals surface area contributed by atoms with Crippen LogP contribution in [-0.4, -0.2) is 28.3 Å². The zero-order chi connectivity index (χ0) is 23.4. The number of anilines is 1. The summed E-state index contributed by atoms with van der Waals surface area (Å²) in [4.78, 5) is 30.4. The fourth-order valence-corrected chi connectivity index (χ4v) is 4.32. The average Bonchev–Trinajstić information content (AvgIpc) is 2.82. The summed E-state index contributed by atoms with van der Waals surface area (Å²) >= 11 is 7.12. The molecule has 0 fully saturated rings. The molecule has 0 atom stereocenters. The summed E-state index contributed by atoms with van der Waals surface area (Å²) in [6, 6.07) is 18.2. The number of methoxy groups -OCH3 is 1. The number of halogens is 2. The maximum Gasteiger partial charge on any atom is 0.262 e. The summed E-state index contributed by atoms with van der Waals surface area (Å²) in [5.41, 5.74) is 1.45. The standard InChI is InChI=1S/C24H19ClFN3O3S/c1-32-21-9-5-2-6-15(21)13-29-23(31)17-7-3-4-8-19(17)28-24(29)33-14-22(30)27-20-11-10-16(26)12-18(20)25/h2-12H,13-14H2,1H3,(H,27,30). The monoisotopic (exact) mass is 483 g/mol. The number of nitrogens with one attached hydrogen (secondary N) is 1. The van der Waals surface area contributed by atoms with Gasteiger partial charge in [0.25, 0.3) is 5.56 Å². The second-order valence-corrected chi connectivity index (χ2v) is 8.43. The van der Waals surface area contributed by atoms with E-state index in [-0.39, 0.29) is 28.8 Å². The predicted octanol–water partition coefficient (Wildman–Crippen LogP) is 4.98. The lowest BCUT2D eigenvalue weighted by Crippen LogP contribution is -2.25. The zero-order valence-corrected chi connectivity index (χ0v) is 19.1. The molecule has 4 aromatic rings. The van der Waals surface area contributed by atoms with Crippen LogP contribution in [0.2, 0.25) is 5.02 Å². The molecule has 9 heteroatoms. The minimum atomic E-state index is -0.493. The van der Waals surface area contributed by atoms with Crippen LogP contribution in [0, 0.1) is 5.82 Å². The van der Waals surface area contributed by atoms with Crippen molar-refractivity contribution in [1.82, 2.24) is 9.55 Å². The zero-order valence-electron chi connectivity index (χ0n) is 17.5.